The Labute approximate surface area is 145 Å². The van der Waals surface area contributed by atoms with Gasteiger partial charge < -0.3 is 10.2 Å². The summed E-state index contributed by atoms with van der Waals surface area (Å²) in [4.78, 5) is 14.6. The summed E-state index contributed by atoms with van der Waals surface area (Å²) in [5, 5.41) is 35.9. The number of hydrogen-bond donors (Lipinski definition) is 3. The number of phenolic OH excluding ortho intramolecular Hbond substituents is 2. The number of hydrazone groups is 1. The van der Waals surface area contributed by atoms with Gasteiger partial charge in [0.2, 0.25) is 5.13 Å². The van der Waals surface area contributed by atoms with E-state index in [4.69, 9.17) is 0 Å². The zero-order chi connectivity index (χ0) is 17.8. The molecule has 3 rings (SSSR count). The average Bonchev–Trinajstić information content (AvgIpc) is 3.06. The molecular formula is C16H12N4O4S. The molecule has 0 spiro atoms. The number of thiazole rings is 1. The summed E-state index contributed by atoms with van der Waals surface area (Å²) >= 11 is 1.32. The van der Waals surface area contributed by atoms with Crippen molar-refractivity contribution in [3.63, 3.8) is 0 Å². The smallest absolute Gasteiger partial charge is 0.269 e. The van der Waals surface area contributed by atoms with Gasteiger partial charge in [-0.05, 0) is 24.3 Å². The average molecular weight is 356 g/mol. The monoisotopic (exact) mass is 356 g/mol. The van der Waals surface area contributed by atoms with Crippen LogP contribution in [0.25, 0.3) is 11.3 Å². The first-order chi connectivity index (χ1) is 12.0. The fourth-order valence-electron chi connectivity index (χ4n) is 2.01. The molecule has 8 nitrogen and oxygen atoms in total. The van der Waals surface area contributed by atoms with E-state index in [9.17, 15) is 20.3 Å². The van der Waals surface area contributed by atoms with Gasteiger partial charge in [-0.1, -0.05) is 0 Å². The van der Waals surface area contributed by atoms with E-state index in [0.717, 1.165) is 5.56 Å². The van der Waals surface area contributed by atoms with Crippen molar-refractivity contribution in [1.29, 1.82) is 0 Å². The molecule has 0 aliphatic carbocycles. The van der Waals surface area contributed by atoms with Crippen molar-refractivity contribution >= 4 is 28.4 Å². The molecule has 0 atom stereocenters. The van der Waals surface area contributed by atoms with Crippen LogP contribution in [0.4, 0.5) is 10.8 Å². The molecular weight excluding hydrogens is 344 g/mol. The second-order valence-electron chi connectivity index (χ2n) is 4.96. The summed E-state index contributed by atoms with van der Waals surface area (Å²) in [6, 6.07) is 10.3. The molecule has 0 aliphatic rings. The van der Waals surface area contributed by atoms with Gasteiger partial charge in [0.15, 0.2) is 0 Å². The Balaban J connectivity index is 1.69. The molecule has 0 saturated carbocycles. The fraction of sp³-hybridized carbons (Fsp3) is 0. The van der Waals surface area contributed by atoms with E-state index in [1.165, 1.54) is 47.9 Å². The lowest BCUT2D eigenvalue weighted by atomic mass is 10.1. The molecule has 0 radical (unpaired) electrons. The Bertz CT molecular complexity index is 938. The third kappa shape index (κ3) is 3.90. The maximum absolute atomic E-state index is 10.7. The summed E-state index contributed by atoms with van der Waals surface area (Å²) in [6.45, 7) is 0. The highest BCUT2D eigenvalue weighted by Crippen LogP contribution is 2.26. The SMILES string of the molecule is O=[N+]([O-])c1ccc(-c2csc(N/N=C\c3ccc(O)cc3O)n2)cc1. The molecule has 126 valence electrons. The van der Waals surface area contributed by atoms with Gasteiger partial charge >= 0.3 is 0 Å². The molecule has 0 saturated heterocycles. The number of non-ortho nitro benzene ring substituents is 1. The molecule has 0 unspecified atom stereocenters. The number of anilines is 1. The van der Waals surface area contributed by atoms with Crippen LogP contribution in [-0.4, -0.2) is 26.3 Å². The van der Waals surface area contributed by atoms with Crippen LogP contribution in [0, 0.1) is 10.1 Å². The number of nitro groups is 1. The van der Waals surface area contributed by atoms with E-state index in [-0.39, 0.29) is 17.2 Å². The highest BCUT2D eigenvalue weighted by molar-refractivity contribution is 7.14. The molecule has 0 fully saturated rings. The van der Waals surface area contributed by atoms with Crippen LogP contribution in [0.2, 0.25) is 0 Å². The Morgan fingerprint density at radius 1 is 1.20 bits per heavy atom. The lowest BCUT2D eigenvalue weighted by Gasteiger charge is -1.99. The third-order valence-corrected chi connectivity index (χ3v) is 4.00. The molecule has 1 aromatic heterocycles. The maximum atomic E-state index is 10.7. The molecule has 0 bridgehead atoms. The number of hydrogen-bond acceptors (Lipinski definition) is 8. The van der Waals surface area contributed by atoms with Gasteiger partial charge in [-0.15, -0.1) is 11.3 Å². The summed E-state index contributed by atoms with van der Waals surface area (Å²) in [5.41, 5.74) is 4.65. The molecule has 0 amide bonds. The number of nitrogens with one attached hydrogen (secondary N) is 1. The van der Waals surface area contributed by atoms with Crippen molar-refractivity contribution in [2.24, 2.45) is 5.10 Å². The Kier molecular flexibility index (Phi) is 4.57. The Hall–Kier alpha value is -3.46. The van der Waals surface area contributed by atoms with E-state index in [1.807, 2.05) is 0 Å². The zero-order valence-electron chi connectivity index (χ0n) is 12.7. The van der Waals surface area contributed by atoms with Gasteiger partial charge in [-0.3, -0.25) is 15.5 Å². The predicted octanol–water partition coefficient (Wildman–Crippen LogP) is 3.58. The zero-order valence-corrected chi connectivity index (χ0v) is 13.5. The van der Waals surface area contributed by atoms with Gasteiger partial charge in [0.05, 0.1) is 16.8 Å². The van der Waals surface area contributed by atoms with E-state index in [0.29, 0.717) is 16.4 Å². The number of phenols is 2. The number of rotatable bonds is 5. The number of aromatic nitrogens is 1. The first kappa shape index (κ1) is 16.4. The van der Waals surface area contributed by atoms with Crippen molar-refractivity contribution in [2.75, 3.05) is 5.43 Å². The van der Waals surface area contributed by atoms with Crippen LogP contribution in [0.15, 0.2) is 52.9 Å². The fourth-order valence-corrected chi connectivity index (χ4v) is 2.68. The second kappa shape index (κ2) is 6.97. The van der Waals surface area contributed by atoms with E-state index < -0.39 is 4.92 Å². The van der Waals surface area contributed by atoms with Gasteiger partial charge in [0, 0.05) is 34.7 Å². The molecule has 1 heterocycles. The summed E-state index contributed by atoms with van der Waals surface area (Å²) in [5.74, 6) is -0.119. The maximum Gasteiger partial charge on any atom is 0.269 e. The van der Waals surface area contributed by atoms with Crippen molar-refractivity contribution in [3.8, 4) is 22.8 Å². The first-order valence-corrected chi connectivity index (χ1v) is 7.92. The molecule has 3 N–H and O–H groups in total. The lowest BCUT2D eigenvalue weighted by Crippen LogP contribution is -1.91. The summed E-state index contributed by atoms with van der Waals surface area (Å²) < 4.78 is 0. The van der Waals surface area contributed by atoms with Crippen molar-refractivity contribution in [2.45, 2.75) is 0 Å². The van der Waals surface area contributed by atoms with Crippen LogP contribution in [-0.2, 0) is 0 Å². The normalized spacial score (nSPS) is 10.9. The van der Waals surface area contributed by atoms with E-state index in [1.54, 1.807) is 17.5 Å². The summed E-state index contributed by atoms with van der Waals surface area (Å²) in [6.07, 6.45) is 1.40. The van der Waals surface area contributed by atoms with Crippen molar-refractivity contribution < 1.29 is 15.1 Å². The van der Waals surface area contributed by atoms with Crippen LogP contribution < -0.4 is 5.43 Å². The number of aromatic hydroxyl groups is 2. The first-order valence-electron chi connectivity index (χ1n) is 7.04. The largest absolute Gasteiger partial charge is 0.508 e. The topological polar surface area (TPSA) is 121 Å². The third-order valence-electron chi connectivity index (χ3n) is 3.26. The van der Waals surface area contributed by atoms with Crippen molar-refractivity contribution in [3.05, 3.63) is 63.5 Å². The van der Waals surface area contributed by atoms with Crippen molar-refractivity contribution in [1.82, 2.24) is 4.98 Å². The second-order valence-corrected chi connectivity index (χ2v) is 5.81. The van der Waals surface area contributed by atoms with E-state index in [2.05, 4.69) is 15.5 Å². The van der Waals surface area contributed by atoms with Gasteiger partial charge in [0.1, 0.15) is 11.5 Å². The molecule has 25 heavy (non-hydrogen) atoms. The Morgan fingerprint density at radius 2 is 1.96 bits per heavy atom. The highest BCUT2D eigenvalue weighted by Gasteiger charge is 2.08. The van der Waals surface area contributed by atoms with Gasteiger partial charge in [-0.25, -0.2) is 4.98 Å². The van der Waals surface area contributed by atoms with Crippen LogP contribution in [0.3, 0.4) is 0 Å². The number of nitrogens with zero attached hydrogens (tertiary/aromatic N) is 3. The molecule has 9 heteroatoms. The van der Waals surface area contributed by atoms with Crippen LogP contribution in [0.1, 0.15) is 5.56 Å². The highest BCUT2D eigenvalue weighted by atomic mass is 32.1. The molecule has 0 aliphatic heterocycles. The molecule has 3 aromatic rings. The van der Waals surface area contributed by atoms with Crippen LogP contribution >= 0.6 is 11.3 Å². The minimum absolute atomic E-state index is 0.0237. The molecule has 2 aromatic carbocycles. The van der Waals surface area contributed by atoms with Gasteiger partial charge in [-0.2, -0.15) is 5.10 Å². The van der Waals surface area contributed by atoms with E-state index >= 15 is 0 Å². The number of nitro benzene ring substituents is 1. The standard InChI is InChI=1S/C16H12N4O4S/c21-13-6-3-11(15(22)7-13)8-17-19-16-18-14(9-25-16)10-1-4-12(5-2-10)20(23)24/h1-9,21-22H,(H,18,19)/b17-8-. The predicted molar refractivity (Wildman–Crippen MR) is 95.2 cm³/mol. The Morgan fingerprint density at radius 3 is 2.64 bits per heavy atom. The van der Waals surface area contributed by atoms with Crippen LogP contribution in [0.5, 0.6) is 11.5 Å². The quantitative estimate of drug-likeness (QED) is 0.365. The summed E-state index contributed by atoms with van der Waals surface area (Å²) in [7, 11) is 0. The number of benzene rings is 2. The minimum atomic E-state index is -0.453. The lowest BCUT2D eigenvalue weighted by molar-refractivity contribution is -0.384. The minimum Gasteiger partial charge on any atom is -0.508 e. The van der Waals surface area contributed by atoms with Gasteiger partial charge in [0.25, 0.3) is 5.69 Å².